The molecule has 1 fully saturated rings. The number of likely N-dealkylation sites (tertiary alicyclic amines) is 1. The van der Waals surface area contributed by atoms with Gasteiger partial charge >= 0.3 is 5.97 Å². The molecule has 6 nitrogen and oxygen atoms in total. The van der Waals surface area contributed by atoms with Crippen molar-refractivity contribution in [3.8, 4) is 0 Å². The van der Waals surface area contributed by atoms with E-state index in [-0.39, 0.29) is 12.0 Å². The lowest BCUT2D eigenvalue weighted by Gasteiger charge is -2.22. The van der Waals surface area contributed by atoms with E-state index in [4.69, 9.17) is 18.9 Å². The van der Waals surface area contributed by atoms with Gasteiger partial charge in [0.25, 0.3) is 0 Å². The fourth-order valence-electron chi connectivity index (χ4n) is 2.25. The molecule has 0 radical (unpaired) electrons. The van der Waals surface area contributed by atoms with Crippen LogP contribution in [-0.2, 0) is 23.7 Å². The predicted octanol–water partition coefficient (Wildman–Crippen LogP) is 0.694. The van der Waals surface area contributed by atoms with Crippen LogP contribution in [0.5, 0.6) is 0 Å². The van der Waals surface area contributed by atoms with E-state index in [2.05, 4.69) is 4.90 Å². The fourth-order valence-corrected chi connectivity index (χ4v) is 2.25. The maximum atomic E-state index is 11.8. The Balaban J connectivity index is 2.04. The van der Waals surface area contributed by atoms with Gasteiger partial charge in [0.1, 0.15) is 6.04 Å². The molecule has 0 saturated carbocycles. The zero-order valence-electron chi connectivity index (χ0n) is 12.6. The summed E-state index contributed by atoms with van der Waals surface area (Å²) in [5.74, 6) is -0.104. The molecule has 118 valence electrons. The van der Waals surface area contributed by atoms with E-state index in [9.17, 15) is 4.79 Å². The van der Waals surface area contributed by atoms with Gasteiger partial charge in [0.2, 0.25) is 0 Å². The summed E-state index contributed by atoms with van der Waals surface area (Å²) in [6, 6.07) is -0.0866. The van der Waals surface area contributed by atoms with Crippen LogP contribution in [0.15, 0.2) is 0 Å². The van der Waals surface area contributed by atoms with Crippen molar-refractivity contribution >= 4 is 5.97 Å². The topological polar surface area (TPSA) is 57.2 Å². The highest BCUT2D eigenvalue weighted by Crippen LogP contribution is 2.17. The number of methoxy groups -OCH3 is 1. The Hall–Kier alpha value is -0.690. The third-order valence-electron chi connectivity index (χ3n) is 3.25. The minimum absolute atomic E-state index is 0.0866. The molecule has 1 atom stereocenters. The molecule has 0 N–H and O–H groups in total. The third kappa shape index (κ3) is 6.65. The molecule has 0 aromatic heterocycles. The lowest BCUT2D eigenvalue weighted by molar-refractivity contribution is -0.148. The van der Waals surface area contributed by atoms with E-state index in [0.29, 0.717) is 39.6 Å². The summed E-state index contributed by atoms with van der Waals surface area (Å²) in [6.07, 6.45) is 1.93. The highest BCUT2D eigenvalue weighted by atomic mass is 16.5. The van der Waals surface area contributed by atoms with Gasteiger partial charge in [-0.15, -0.1) is 0 Å². The number of nitrogens with zero attached hydrogens (tertiary/aromatic N) is 1. The molecule has 1 aliphatic rings. The van der Waals surface area contributed by atoms with Gasteiger partial charge in [-0.2, -0.15) is 0 Å². The molecule has 0 aromatic rings. The summed E-state index contributed by atoms with van der Waals surface area (Å²) in [5, 5.41) is 0. The number of hydrogen-bond acceptors (Lipinski definition) is 6. The first kappa shape index (κ1) is 17.4. The van der Waals surface area contributed by atoms with Gasteiger partial charge in [-0.3, -0.25) is 9.69 Å². The Morgan fingerprint density at radius 2 is 1.85 bits per heavy atom. The maximum Gasteiger partial charge on any atom is 0.323 e. The van der Waals surface area contributed by atoms with Gasteiger partial charge in [-0.05, 0) is 26.3 Å². The van der Waals surface area contributed by atoms with Gasteiger partial charge in [0.15, 0.2) is 0 Å². The van der Waals surface area contributed by atoms with Crippen molar-refractivity contribution in [1.82, 2.24) is 4.90 Å². The van der Waals surface area contributed by atoms with Crippen LogP contribution in [0.3, 0.4) is 0 Å². The van der Waals surface area contributed by atoms with E-state index >= 15 is 0 Å². The van der Waals surface area contributed by atoms with Crippen LogP contribution in [0.25, 0.3) is 0 Å². The average molecular weight is 289 g/mol. The number of carbonyl (C=O) groups is 1. The van der Waals surface area contributed by atoms with Crippen molar-refractivity contribution in [2.24, 2.45) is 0 Å². The highest BCUT2D eigenvalue weighted by molar-refractivity contribution is 5.76. The minimum atomic E-state index is -0.104. The van der Waals surface area contributed by atoms with Crippen LogP contribution in [0.1, 0.15) is 19.8 Å². The molecule has 6 heteroatoms. The van der Waals surface area contributed by atoms with Gasteiger partial charge in [0, 0.05) is 13.7 Å². The number of hydrogen-bond donors (Lipinski definition) is 0. The summed E-state index contributed by atoms with van der Waals surface area (Å²) in [4.78, 5) is 13.9. The number of rotatable bonds is 11. The maximum absolute atomic E-state index is 11.8. The molecule has 0 spiro atoms. The molecule has 1 heterocycles. The van der Waals surface area contributed by atoms with E-state index in [1.165, 1.54) is 0 Å². The van der Waals surface area contributed by atoms with Crippen molar-refractivity contribution in [1.29, 1.82) is 0 Å². The monoisotopic (exact) mass is 289 g/mol. The van der Waals surface area contributed by atoms with Crippen molar-refractivity contribution in [2.75, 3.05) is 59.8 Å². The Bertz CT molecular complexity index is 262. The smallest absolute Gasteiger partial charge is 0.323 e. The molecule has 0 amide bonds. The molecular weight excluding hydrogens is 262 g/mol. The summed E-state index contributed by atoms with van der Waals surface area (Å²) < 4.78 is 20.8. The minimum Gasteiger partial charge on any atom is -0.465 e. The van der Waals surface area contributed by atoms with E-state index in [1.807, 2.05) is 6.92 Å². The first-order chi connectivity index (χ1) is 9.79. The van der Waals surface area contributed by atoms with E-state index < -0.39 is 0 Å². The van der Waals surface area contributed by atoms with Crippen LogP contribution in [0.4, 0.5) is 0 Å². The van der Waals surface area contributed by atoms with Gasteiger partial charge < -0.3 is 18.9 Å². The second kappa shape index (κ2) is 11.0. The lowest BCUT2D eigenvalue weighted by atomic mass is 10.2. The number of ether oxygens (including phenoxy) is 4. The standard InChI is InChI=1S/C14H27NO5/c1-3-20-14(16)13-5-4-6-15(13)7-8-18-11-12-19-10-9-17-2/h13H,3-12H2,1-2H3. The molecule has 1 saturated heterocycles. The summed E-state index contributed by atoms with van der Waals surface area (Å²) >= 11 is 0. The first-order valence-corrected chi connectivity index (χ1v) is 7.34. The molecule has 0 aromatic carbocycles. The Labute approximate surface area is 121 Å². The SMILES string of the molecule is CCOC(=O)C1CCCN1CCOCCOCCOC. The number of esters is 1. The van der Waals surface area contributed by atoms with Gasteiger partial charge in [-0.25, -0.2) is 0 Å². The van der Waals surface area contributed by atoms with Crippen molar-refractivity contribution in [3.05, 3.63) is 0 Å². The van der Waals surface area contributed by atoms with Crippen molar-refractivity contribution in [2.45, 2.75) is 25.8 Å². The van der Waals surface area contributed by atoms with Crippen LogP contribution in [0.2, 0.25) is 0 Å². The van der Waals surface area contributed by atoms with Crippen LogP contribution < -0.4 is 0 Å². The first-order valence-electron chi connectivity index (χ1n) is 7.34. The second-order valence-corrected chi connectivity index (χ2v) is 4.66. The molecular formula is C14H27NO5. The quantitative estimate of drug-likeness (QED) is 0.412. The molecule has 0 bridgehead atoms. The highest BCUT2D eigenvalue weighted by Gasteiger charge is 2.31. The van der Waals surface area contributed by atoms with Gasteiger partial charge in [-0.1, -0.05) is 0 Å². The molecule has 0 aliphatic carbocycles. The van der Waals surface area contributed by atoms with Crippen LogP contribution >= 0.6 is 0 Å². The normalized spacial score (nSPS) is 19.4. The molecule has 1 rings (SSSR count). The zero-order chi connectivity index (χ0) is 14.6. The van der Waals surface area contributed by atoms with Crippen molar-refractivity contribution in [3.63, 3.8) is 0 Å². The van der Waals surface area contributed by atoms with Crippen LogP contribution in [0, 0.1) is 0 Å². The molecule has 1 unspecified atom stereocenters. The summed E-state index contributed by atoms with van der Waals surface area (Å²) in [5.41, 5.74) is 0. The fraction of sp³-hybridized carbons (Fsp3) is 0.929. The van der Waals surface area contributed by atoms with Crippen molar-refractivity contribution < 1.29 is 23.7 Å². The average Bonchev–Trinajstić information content (AvgIpc) is 2.90. The lowest BCUT2D eigenvalue weighted by Crippen LogP contribution is -2.39. The molecule has 20 heavy (non-hydrogen) atoms. The largest absolute Gasteiger partial charge is 0.465 e. The second-order valence-electron chi connectivity index (χ2n) is 4.66. The Morgan fingerprint density at radius 1 is 1.15 bits per heavy atom. The summed E-state index contributed by atoms with van der Waals surface area (Å²) in [7, 11) is 1.65. The Morgan fingerprint density at radius 3 is 2.55 bits per heavy atom. The van der Waals surface area contributed by atoms with Gasteiger partial charge in [0.05, 0.1) is 39.6 Å². The molecule has 1 aliphatic heterocycles. The Kier molecular flexibility index (Phi) is 9.57. The zero-order valence-corrected chi connectivity index (χ0v) is 12.6. The predicted molar refractivity (Wildman–Crippen MR) is 74.7 cm³/mol. The van der Waals surface area contributed by atoms with Crippen LogP contribution in [-0.4, -0.2) is 76.8 Å². The summed E-state index contributed by atoms with van der Waals surface area (Å²) in [6.45, 7) is 6.95. The van der Waals surface area contributed by atoms with E-state index in [0.717, 1.165) is 25.9 Å². The van der Waals surface area contributed by atoms with E-state index in [1.54, 1.807) is 7.11 Å². The number of carbonyl (C=O) groups excluding carboxylic acids is 1. The third-order valence-corrected chi connectivity index (χ3v) is 3.25.